The van der Waals surface area contributed by atoms with Gasteiger partial charge >= 0.3 is 0 Å². The van der Waals surface area contributed by atoms with Crippen LogP contribution in [0.5, 0.6) is 0 Å². The van der Waals surface area contributed by atoms with Crippen molar-refractivity contribution >= 4 is 17.6 Å². The van der Waals surface area contributed by atoms with Crippen molar-refractivity contribution in [1.82, 2.24) is 10.1 Å². The minimum Gasteiger partial charge on any atom is -0.360 e. The zero-order chi connectivity index (χ0) is 16.9. The summed E-state index contributed by atoms with van der Waals surface area (Å²) in [4.78, 5) is 26.8. The number of nitrogens with one attached hydrogen (secondary N) is 1. The van der Waals surface area contributed by atoms with Gasteiger partial charge in [0.1, 0.15) is 5.76 Å². The SMILES string of the molecule is Cc1cc(NC(=O)c2cccc(C(=O)N3CCCCCC3)c2)no1. The second kappa shape index (κ2) is 7.29. The first-order valence-electron chi connectivity index (χ1n) is 8.27. The van der Waals surface area contributed by atoms with E-state index in [4.69, 9.17) is 4.52 Å². The highest BCUT2D eigenvalue weighted by Gasteiger charge is 2.18. The Bertz CT molecular complexity index is 731. The first-order chi connectivity index (χ1) is 11.6. The van der Waals surface area contributed by atoms with E-state index in [9.17, 15) is 9.59 Å². The maximum atomic E-state index is 12.7. The Morgan fingerprint density at radius 1 is 1.08 bits per heavy atom. The molecule has 1 saturated heterocycles. The van der Waals surface area contributed by atoms with Crippen LogP contribution in [-0.4, -0.2) is 35.0 Å². The summed E-state index contributed by atoms with van der Waals surface area (Å²) in [5.41, 5.74) is 0.970. The number of rotatable bonds is 3. The second-order valence-corrected chi connectivity index (χ2v) is 6.06. The average Bonchev–Trinajstić information content (AvgIpc) is 2.84. The number of anilines is 1. The molecule has 0 spiro atoms. The highest BCUT2D eigenvalue weighted by molar-refractivity contribution is 6.05. The zero-order valence-electron chi connectivity index (χ0n) is 13.7. The molecule has 0 bridgehead atoms. The molecule has 0 saturated carbocycles. The lowest BCUT2D eigenvalue weighted by Gasteiger charge is -2.20. The van der Waals surface area contributed by atoms with Gasteiger partial charge in [0.2, 0.25) is 0 Å². The molecular formula is C18H21N3O3. The summed E-state index contributed by atoms with van der Waals surface area (Å²) in [6.07, 6.45) is 4.42. The standard InChI is InChI=1S/C18H21N3O3/c1-13-11-16(20-24-13)19-17(22)14-7-6-8-15(12-14)18(23)21-9-4-2-3-5-10-21/h6-8,11-12H,2-5,9-10H2,1H3,(H,19,20,22). The maximum absolute atomic E-state index is 12.7. The van der Waals surface area contributed by atoms with Gasteiger partial charge in [0.15, 0.2) is 5.82 Å². The summed E-state index contributed by atoms with van der Waals surface area (Å²) in [6, 6.07) is 8.44. The molecule has 126 valence electrons. The number of amides is 2. The Morgan fingerprint density at radius 2 is 1.79 bits per heavy atom. The number of hydrogen-bond acceptors (Lipinski definition) is 4. The van der Waals surface area contributed by atoms with Gasteiger partial charge in [-0.15, -0.1) is 0 Å². The molecule has 1 aliphatic heterocycles. The van der Waals surface area contributed by atoms with Gasteiger partial charge in [0.25, 0.3) is 11.8 Å². The Balaban J connectivity index is 1.73. The molecule has 24 heavy (non-hydrogen) atoms. The number of carbonyl (C=O) groups is 2. The first kappa shape index (κ1) is 16.2. The van der Waals surface area contributed by atoms with Crippen LogP contribution in [-0.2, 0) is 0 Å². The van der Waals surface area contributed by atoms with Gasteiger partial charge in [-0.25, -0.2) is 0 Å². The predicted molar refractivity (Wildman–Crippen MR) is 90.0 cm³/mol. The zero-order valence-corrected chi connectivity index (χ0v) is 13.7. The molecule has 0 unspecified atom stereocenters. The van der Waals surface area contributed by atoms with Crippen molar-refractivity contribution in [1.29, 1.82) is 0 Å². The predicted octanol–water partition coefficient (Wildman–Crippen LogP) is 3.25. The third kappa shape index (κ3) is 3.82. The fourth-order valence-corrected chi connectivity index (χ4v) is 2.86. The fourth-order valence-electron chi connectivity index (χ4n) is 2.86. The molecule has 1 aromatic heterocycles. The van der Waals surface area contributed by atoms with Gasteiger partial charge < -0.3 is 14.7 Å². The van der Waals surface area contributed by atoms with Crippen LogP contribution in [0.2, 0.25) is 0 Å². The van der Waals surface area contributed by atoms with E-state index < -0.39 is 0 Å². The molecule has 0 aliphatic carbocycles. The van der Waals surface area contributed by atoms with Crippen molar-refractivity contribution in [3.63, 3.8) is 0 Å². The topological polar surface area (TPSA) is 75.4 Å². The highest BCUT2D eigenvalue weighted by atomic mass is 16.5. The van der Waals surface area contributed by atoms with Gasteiger partial charge in [-0.2, -0.15) is 0 Å². The summed E-state index contributed by atoms with van der Waals surface area (Å²) >= 11 is 0. The molecule has 0 radical (unpaired) electrons. The van der Waals surface area contributed by atoms with Crippen molar-refractivity contribution in [2.45, 2.75) is 32.6 Å². The quantitative estimate of drug-likeness (QED) is 0.939. The third-order valence-corrected chi connectivity index (χ3v) is 4.13. The summed E-state index contributed by atoms with van der Waals surface area (Å²) < 4.78 is 4.93. The summed E-state index contributed by atoms with van der Waals surface area (Å²) in [6.45, 7) is 3.32. The monoisotopic (exact) mass is 327 g/mol. The van der Waals surface area contributed by atoms with Gasteiger partial charge in [0.05, 0.1) is 0 Å². The lowest BCUT2D eigenvalue weighted by Crippen LogP contribution is -2.32. The molecule has 2 aromatic rings. The number of likely N-dealkylation sites (tertiary alicyclic amines) is 1. The summed E-state index contributed by atoms with van der Waals surface area (Å²) in [5.74, 6) is 0.662. The van der Waals surface area contributed by atoms with Crippen LogP contribution in [0.15, 0.2) is 34.9 Å². The van der Waals surface area contributed by atoms with Crippen molar-refractivity contribution in [3.8, 4) is 0 Å². The molecular weight excluding hydrogens is 306 g/mol. The molecule has 0 atom stereocenters. The molecule has 6 heteroatoms. The van der Waals surface area contributed by atoms with Gasteiger partial charge in [-0.3, -0.25) is 9.59 Å². The number of aryl methyl sites for hydroxylation is 1. The van der Waals surface area contributed by atoms with Gasteiger partial charge in [-0.05, 0) is 38.0 Å². The van der Waals surface area contributed by atoms with Crippen molar-refractivity contribution in [3.05, 3.63) is 47.2 Å². The van der Waals surface area contributed by atoms with Crippen molar-refractivity contribution in [2.24, 2.45) is 0 Å². The largest absolute Gasteiger partial charge is 0.360 e. The summed E-state index contributed by atoms with van der Waals surface area (Å²) in [5, 5.41) is 6.41. The van der Waals surface area contributed by atoms with E-state index in [0.29, 0.717) is 22.7 Å². The van der Waals surface area contributed by atoms with E-state index >= 15 is 0 Å². The molecule has 1 aromatic carbocycles. The molecule has 2 amide bonds. The molecule has 3 rings (SSSR count). The van der Waals surface area contributed by atoms with E-state index in [1.165, 1.54) is 12.8 Å². The van der Waals surface area contributed by atoms with Crippen molar-refractivity contribution in [2.75, 3.05) is 18.4 Å². The Kier molecular flexibility index (Phi) is 4.93. The third-order valence-electron chi connectivity index (χ3n) is 4.13. The molecule has 1 aliphatic rings. The van der Waals surface area contributed by atoms with Crippen LogP contribution >= 0.6 is 0 Å². The second-order valence-electron chi connectivity index (χ2n) is 6.06. The lowest BCUT2D eigenvalue weighted by atomic mass is 10.1. The lowest BCUT2D eigenvalue weighted by molar-refractivity contribution is 0.0761. The van der Waals surface area contributed by atoms with E-state index in [1.807, 2.05) is 4.90 Å². The van der Waals surface area contributed by atoms with Crippen LogP contribution in [0.1, 0.15) is 52.2 Å². The van der Waals surface area contributed by atoms with E-state index in [0.717, 1.165) is 25.9 Å². The highest BCUT2D eigenvalue weighted by Crippen LogP contribution is 2.15. The van der Waals surface area contributed by atoms with Gasteiger partial charge in [-0.1, -0.05) is 24.1 Å². The molecule has 1 N–H and O–H groups in total. The van der Waals surface area contributed by atoms with Crippen LogP contribution in [0.3, 0.4) is 0 Å². The number of carbonyl (C=O) groups excluding carboxylic acids is 2. The molecule has 6 nitrogen and oxygen atoms in total. The minimum atomic E-state index is -0.311. The maximum Gasteiger partial charge on any atom is 0.256 e. The number of nitrogens with zero attached hydrogens (tertiary/aromatic N) is 2. The summed E-state index contributed by atoms with van der Waals surface area (Å²) in [7, 11) is 0. The van der Waals surface area contributed by atoms with E-state index in [-0.39, 0.29) is 11.8 Å². The molecule has 1 fully saturated rings. The minimum absolute atomic E-state index is 0.0103. The number of benzene rings is 1. The molecule has 2 heterocycles. The van der Waals surface area contributed by atoms with Gasteiger partial charge in [0, 0.05) is 30.3 Å². The Labute approximate surface area is 140 Å². The fraction of sp³-hybridized carbons (Fsp3) is 0.389. The van der Waals surface area contributed by atoms with Crippen molar-refractivity contribution < 1.29 is 14.1 Å². The first-order valence-corrected chi connectivity index (χ1v) is 8.27. The normalized spacial score (nSPS) is 15.0. The van der Waals surface area contributed by atoms with Crippen LogP contribution in [0, 0.1) is 6.92 Å². The van der Waals surface area contributed by atoms with Crippen LogP contribution < -0.4 is 5.32 Å². The number of aromatic nitrogens is 1. The Hall–Kier alpha value is -2.63. The smallest absolute Gasteiger partial charge is 0.256 e. The number of hydrogen-bond donors (Lipinski definition) is 1. The van der Waals surface area contributed by atoms with E-state index in [2.05, 4.69) is 10.5 Å². The average molecular weight is 327 g/mol. The van der Waals surface area contributed by atoms with Crippen LogP contribution in [0.4, 0.5) is 5.82 Å². The Morgan fingerprint density at radius 3 is 2.46 bits per heavy atom. The van der Waals surface area contributed by atoms with E-state index in [1.54, 1.807) is 37.3 Å². The van der Waals surface area contributed by atoms with Crippen LogP contribution in [0.25, 0.3) is 0 Å².